The van der Waals surface area contributed by atoms with Gasteiger partial charge < -0.3 is 10.2 Å². The molecule has 3 rings (SSSR count). The van der Waals surface area contributed by atoms with Gasteiger partial charge in [0.15, 0.2) is 0 Å². The number of nitrogens with one attached hydrogen (secondary N) is 1. The molecular formula is C15H26N2O. The summed E-state index contributed by atoms with van der Waals surface area (Å²) in [6, 6.07) is 0.0994. The number of fused-ring (bicyclic) bond motifs is 2. The largest absolute Gasteiger partial charge is 0.344 e. The van der Waals surface area contributed by atoms with Crippen LogP contribution in [0, 0.1) is 17.8 Å². The van der Waals surface area contributed by atoms with Crippen molar-refractivity contribution in [3.63, 3.8) is 0 Å². The van der Waals surface area contributed by atoms with Gasteiger partial charge in [0, 0.05) is 13.6 Å². The number of piperidine rings is 1. The summed E-state index contributed by atoms with van der Waals surface area (Å²) in [6.07, 6.45) is 9.13. The van der Waals surface area contributed by atoms with E-state index < -0.39 is 0 Å². The minimum Gasteiger partial charge on any atom is -0.344 e. The first-order valence-corrected chi connectivity index (χ1v) is 7.72. The van der Waals surface area contributed by atoms with Crippen LogP contribution in [-0.4, -0.2) is 37.0 Å². The third-order valence-corrected chi connectivity index (χ3v) is 5.38. The Morgan fingerprint density at radius 1 is 1.22 bits per heavy atom. The Balaban J connectivity index is 1.51. The van der Waals surface area contributed by atoms with Gasteiger partial charge in [-0.25, -0.2) is 0 Å². The van der Waals surface area contributed by atoms with Gasteiger partial charge in [-0.3, -0.25) is 4.79 Å². The first-order valence-electron chi connectivity index (χ1n) is 7.72. The van der Waals surface area contributed by atoms with Gasteiger partial charge in [0.25, 0.3) is 0 Å². The van der Waals surface area contributed by atoms with Gasteiger partial charge in [0.2, 0.25) is 5.91 Å². The van der Waals surface area contributed by atoms with Crippen molar-refractivity contribution < 1.29 is 4.79 Å². The lowest BCUT2D eigenvalue weighted by molar-refractivity contribution is -0.133. The summed E-state index contributed by atoms with van der Waals surface area (Å²) in [6.45, 7) is 2.01. The number of carbonyl (C=O) groups is 1. The molecule has 0 aromatic heterocycles. The SMILES string of the molecule is CN(CC1CC2CCC1C2)C(=O)[C@H]1CCCCN1. The lowest BCUT2D eigenvalue weighted by atomic mass is 9.88. The fourth-order valence-corrected chi connectivity index (χ4v) is 4.37. The predicted molar refractivity (Wildman–Crippen MR) is 72.2 cm³/mol. The summed E-state index contributed by atoms with van der Waals surface area (Å²) in [5, 5.41) is 3.37. The maximum Gasteiger partial charge on any atom is 0.239 e. The Morgan fingerprint density at radius 3 is 2.72 bits per heavy atom. The number of rotatable bonds is 3. The molecule has 1 amide bonds. The van der Waals surface area contributed by atoms with E-state index in [9.17, 15) is 4.79 Å². The number of likely N-dealkylation sites (N-methyl/N-ethyl adjacent to an activating group) is 1. The van der Waals surface area contributed by atoms with Crippen molar-refractivity contribution in [3.8, 4) is 0 Å². The van der Waals surface area contributed by atoms with Crippen molar-refractivity contribution in [1.29, 1.82) is 0 Å². The average molecular weight is 250 g/mol. The van der Waals surface area contributed by atoms with Crippen LogP contribution in [0.5, 0.6) is 0 Å². The molecule has 2 aliphatic carbocycles. The van der Waals surface area contributed by atoms with Crippen molar-refractivity contribution in [3.05, 3.63) is 0 Å². The van der Waals surface area contributed by atoms with Gasteiger partial charge in [-0.05, 0) is 56.4 Å². The number of hydrogen-bond donors (Lipinski definition) is 1. The van der Waals surface area contributed by atoms with Crippen LogP contribution in [0.2, 0.25) is 0 Å². The van der Waals surface area contributed by atoms with Crippen molar-refractivity contribution in [2.75, 3.05) is 20.1 Å². The van der Waals surface area contributed by atoms with E-state index in [1.807, 2.05) is 11.9 Å². The Hall–Kier alpha value is -0.570. The first-order chi connectivity index (χ1) is 8.74. The van der Waals surface area contributed by atoms with Crippen LogP contribution >= 0.6 is 0 Å². The van der Waals surface area contributed by atoms with Gasteiger partial charge in [-0.1, -0.05) is 12.8 Å². The minimum absolute atomic E-state index is 0.0994. The molecule has 3 unspecified atom stereocenters. The van der Waals surface area contributed by atoms with Crippen LogP contribution in [0.15, 0.2) is 0 Å². The standard InChI is InChI=1S/C15H26N2O/c1-17(15(18)14-4-2-3-7-16-14)10-13-9-11-5-6-12(13)8-11/h11-14,16H,2-10H2,1H3/t11?,12?,13?,14-/m1/s1. The van der Waals surface area contributed by atoms with Gasteiger partial charge >= 0.3 is 0 Å². The zero-order valence-corrected chi connectivity index (χ0v) is 11.5. The molecule has 2 bridgehead atoms. The van der Waals surface area contributed by atoms with E-state index in [0.717, 1.165) is 37.3 Å². The normalized spacial score (nSPS) is 38.9. The molecule has 3 nitrogen and oxygen atoms in total. The molecular weight excluding hydrogens is 224 g/mol. The summed E-state index contributed by atoms with van der Waals surface area (Å²) in [5.41, 5.74) is 0. The maximum atomic E-state index is 12.4. The quantitative estimate of drug-likeness (QED) is 0.831. The van der Waals surface area contributed by atoms with Crippen molar-refractivity contribution in [2.24, 2.45) is 17.8 Å². The van der Waals surface area contributed by atoms with E-state index in [1.165, 1.54) is 38.5 Å². The Morgan fingerprint density at radius 2 is 2.11 bits per heavy atom. The zero-order chi connectivity index (χ0) is 12.5. The molecule has 1 N–H and O–H groups in total. The number of hydrogen-bond acceptors (Lipinski definition) is 2. The van der Waals surface area contributed by atoms with Gasteiger partial charge in [0.05, 0.1) is 6.04 Å². The number of carbonyl (C=O) groups excluding carboxylic acids is 1. The fraction of sp³-hybridized carbons (Fsp3) is 0.933. The van der Waals surface area contributed by atoms with E-state index in [1.54, 1.807) is 0 Å². The molecule has 0 aromatic rings. The number of nitrogens with zero attached hydrogens (tertiary/aromatic N) is 1. The molecule has 3 heteroatoms. The molecule has 0 radical (unpaired) electrons. The third kappa shape index (κ3) is 2.42. The fourth-order valence-electron chi connectivity index (χ4n) is 4.37. The Kier molecular flexibility index (Phi) is 3.60. The Labute approximate surface area is 110 Å². The second-order valence-electron chi connectivity index (χ2n) is 6.66. The summed E-state index contributed by atoms with van der Waals surface area (Å²) in [7, 11) is 2.00. The molecule has 1 heterocycles. The summed E-state index contributed by atoms with van der Waals surface area (Å²) < 4.78 is 0. The van der Waals surface area contributed by atoms with Crippen molar-refractivity contribution in [2.45, 2.75) is 51.0 Å². The molecule has 1 aliphatic heterocycles. The van der Waals surface area contributed by atoms with E-state index >= 15 is 0 Å². The molecule has 102 valence electrons. The highest BCUT2D eigenvalue weighted by Crippen LogP contribution is 2.48. The summed E-state index contributed by atoms with van der Waals surface area (Å²) >= 11 is 0. The van der Waals surface area contributed by atoms with Gasteiger partial charge in [0.1, 0.15) is 0 Å². The molecule has 0 spiro atoms. The lowest BCUT2D eigenvalue weighted by Gasteiger charge is -2.31. The second kappa shape index (κ2) is 5.20. The molecule has 2 saturated carbocycles. The molecule has 3 fully saturated rings. The molecule has 3 aliphatic rings. The molecule has 1 saturated heterocycles. The summed E-state index contributed by atoms with van der Waals surface area (Å²) in [5.74, 6) is 3.03. The third-order valence-electron chi connectivity index (χ3n) is 5.38. The topological polar surface area (TPSA) is 32.3 Å². The van der Waals surface area contributed by atoms with Gasteiger partial charge in [-0.2, -0.15) is 0 Å². The average Bonchev–Trinajstić information content (AvgIpc) is 3.01. The first kappa shape index (κ1) is 12.5. The smallest absolute Gasteiger partial charge is 0.239 e. The van der Waals surface area contributed by atoms with Crippen LogP contribution < -0.4 is 5.32 Å². The van der Waals surface area contributed by atoms with Crippen molar-refractivity contribution in [1.82, 2.24) is 10.2 Å². The lowest BCUT2D eigenvalue weighted by Crippen LogP contribution is -2.48. The van der Waals surface area contributed by atoms with Crippen LogP contribution in [-0.2, 0) is 4.79 Å². The summed E-state index contributed by atoms with van der Waals surface area (Å²) in [4.78, 5) is 14.4. The van der Waals surface area contributed by atoms with Crippen molar-refractivity contribution >= 4 is 5.91 Å². The van der Waals surface area contributed by atoms with Gasteiger partial charge in [-0.15, -0.1) is 0 Å². The molecule has 18 heavy (non-hydrogen) atoms. The van der Waals surface area contributed by atoms with E-state index in [0.29, 0.717) is 5.91 Å². The molecule has 0 aromatic carbocycles. The minimum atomic E-state index is 0.0994. The van der Waals surface area contributed by atoms with Crippen LogP contribution in [0.3, 0.4) is 0 Å². The predicted octanol–water partition coefficient (Wildman–Crippen LogP) is 2.02. The highest BCUT2D eigenvalue weighted by Gasteiger charge is 2.40. The zero-order valence-electron chi connectivity index (χ0n) is 11.5. The molecule has 4 atom stereocenters. The monoisotopic (exact) mass is 250 g/mol. The van der Waals surface area contributed by atoms with E-state index in [-0.39, 0.29) is 6.04 Å². The van der Waals surface area contributed by atoms with Crippen LogP contribution in [0.1, 0.15) is 44.9 Å². The van der Waals surface area contributed by atoms with E-state index in [2.05, 4.69) is 5.32 Å². The van der Waals surface area contributed by atoms with Crippen LogP contribution in [0.4, 0.5) is 0 Å². The highest BCUT2D eigenvalue weighted by molar-refractivity contribution is 5.81. The van der Waals surface area contributed by atoms with Crippen LogP contribution in [0.25, 0.3) is 0 Å². The van der Waals surface area contributed by atoms with E-state index in [4.69, 9.17) is 0 Å². The number of amides is 1. The second-order valence-corrected chi connectivity index (χ2v) is 6.66. The highest BCUT2D eigenvalue weighted by atomic mass is 16.2. The Bertz CT molecular complexity index is 312. The maximum absolute atomic E-state index is 12.4.